The lowest BCUT2D eigenvalue weighted by Crippen LogP contribution is -2.48. The summed E-state index contributed by atoms with van der Waals surface area (Å²) < 4.78 is 6.43. The van der Waals surface area contributed by atoms with Crippen LogP contribution in [-0.2, 0) is 4.74 Å². The zero-order valence-corrected chi connectivity index (χ0v) is 16.5. The van der Waals surface area contributed by atoms with E-state index in [2.05, 4.69) is 22.9 Å². The van der Waals surface area contributed by atoms with Crippen molar-refractivity contribution in [2.45, 2.75) is 58.6 Å². The van der Waals surface area contributed by atoms with Crippen molar-refractivity contribution in [3.63, 3.8) is 0 Å². The van der Waals surface area contributed by atoms with Gasteiger partial charge in [0.2, 0.25) is 0 Å². The van der Waals surface area contributed by atoms with Gasteiger partial charge in [0.25, 0.3) is 0 Å². The summed E-state index contributed by atoms with van der Waals surface area (Å²) in [6.45, 7) is 8.41. The molecular weight excluding hydrogens is 378 g/mol. The van der Waals surface area contributed by atoms with Crippen LogP contribution in [0.3, 0.4) is 0 Å². The van der Waals surface area contributed by atoms with Gasteiger partial charge in [-0.15, -0.1) is 11.3 Å². The first-order chi connectivity index (χ1) is 10.7. The molecule has 4 nitrogen and oxygen atoms in total. The first-order valence-electron chi connectivity index (χ1n) is 7.92. The first-order valence-corrected chi connectivity index (χ1v) is 9.60. The van der Waals surface area contributed by atoms with E-state index in [0.717, 1.165) is 22.2 Å². The third-order valence-electron chi connectivity index (χ3n) is 3.87. The van der Waals surface area contributed by atoms with Gasteiger partial charge in [-0.2, -0.15) is 0 Å². The lowest BCUT2D eigenvalue weighted by Gasteiger charge is -2.38. The molecule has 6 heteroatoms. The molecular formula is C17H24BrNO3S. The summed E-state index contributed by atoms with van der Waals surface area (Å²) in [6.07, 6.45) is 1.84. The van der Waals surface area contributed by atoms with E-state index >= 15 is 0 Å². The van der Waals surface area contributed by atoms with Crippen LogP contribution in [0.25, 0.3) is 0 Å². The van der Waals surface area contributed by atoms with Crippen LogP contribution in [0.2, 0.25) is 0 Å². The lowest BCUT2D eigenvalue weighted by atomic mass is 9.90. The van der Waals surface area contributed by atoms with Gasteiger partial charge < -0.3 is 9.64 Å². The van der Waals surface area contributed by atoms with E-state index in [1.54, 1.807) is 4.90 Å². The van der Waals surface area contributed by atoms with Gasteiger partial charge in [-0.25, -0.2) is 4.79 Å². The predicted molar refractivity (Wildman–Crippen MR) is 96.1 cm³/mol. The summed E-state index contributed by atoms with van der Waals surface area (Å²) in [4.78, 5) is 27.4. The SMILES string of the molecule is CC1CCN(C(=O)OC(C)(C)C)C(CC(=O)c2cc(Br)cs2)C1. The number of piperidine rings is 1. The molecule has 2 unspecified atom stereocenters. The Hall–Kier alpha value is -0.880. The predicted octanol–water partition coefficient (Wildman–Crippen LogP) is 5.12. The number of rotatable bonds is 3. The van der Waals surface area contributed by atoms with Gasteiger partial charge in [0.15, 0.2) is 5.78 Å². The molecule has 1 aliphatic rings. The molecule has 0 aliphatic carbocycles. The number of thiophene rings is 1. The third-order valence-corrected chi connectivity index (χ3v) is 5.60. The number of ketones is 1. The maximum Gasteiger partial charge on any atom is 0.410 e. The second-order valence-corrected chi connectivity index (χ2v) is 9.04. The van der Waals surface area contributed by atoms with Crippen molar-refractivity contribution in [1.82, 2.24) is 4.90 Å². The van der Waals surface area contributed by atoms with Crippen LogP contribution in [0.4, 0.5) is 4.79 Å². The van der Waals surface area contributed by atoms with E-state index in [9.17, 15) is 9.59 Å². The first kappa shape index (κ1) is 18.5. The molecule has 0 bridgehead atoms. The number of likely N-dealkylation sites (tertiary alicyclic amines) is 1. The van der Waals surface area contributed by atoms with Crippen molar-refractivity contribution in [3.05, 3.63) is 20.8 Å². The Kier molecular flexibility index (Phi) is 5.89. The second kappa shape index (κ2) is 7.34. The molecule has 2 heterocycles. The number of halogens is 1. The van der Waals surface area contributed by atoms with E-state index < -0.39 is 5.60 Å². The third kappa shape index (κ3) is 5.31. The van der Waals surface area contributed by atoms with Crippen LogP contribution in [0.1, 0.15) is 56.6 Å². The lowest BCUT2D eigenvalue weighted by molar-refractivity contribution is 0.00516. The molecule has 0 spiro atoms. The smallest absolute Gasteiger partial charge is 0.410 e. The van der Waals surface area contributed by atoms with E-state index in [1.165, 1.54) is 11.3 Å². The molecule has 0 saturated carbocycles. The van der Waals surface area contributed by atoms with Crippen LogP contribution in [0.5, 0.6) is 0 Å². The summed E-state index contributed by atoms with van der Waals surface area (Å²) in [5.74, 6) is 0.606. The molecule has 1 aliphatic heterocycles. The van der Waals surface area contributed by atoms with E-state index in [0.29, 0.717) is 18.9 Å². The van der Waals surface area contributed by atoms with Crippen molar-refractivity contribution < 1.29 is 14.3 Å². The van der Waals surface area contributed by atoms with Crippen LogP contribution in [0, 0.1) is 5.92 Å². The number of hydrogen-bond acceptors (Lipinski definition) is 4. The van der Waals surface area contributed by atoms with Crippen molar-refractivity contribution in [2.24, 2.45) is 5.92 Å². The maximum absolute atomic E-state index is 12.5. The molecule has 23 heavy (non-hydrogen) atoms. The highest BCUT2D eigenvalue weighted by Gasteiger charge is 2.34. The Morgan fingerprint density at radius 1 is 1.43 bits per heavy atom. The minimum atomic E-state index is -0.521. The number of amides is 1. The van der Waals surface area contributed by atoms with Crippen LogP contribution in [0.15, 0.2) is 15.9 Å². The summed E-state index contributed by atoms with van der Waals surface area (Å²) >= 11 is 4.81. The fourth-order valence-corrected chi connectivity index (χ4v) is 4.16. The summed E-state index contributed by atoms with van der Waals surface area (Å²) in [7, 11) is 0. The highest BCUT2D eigenvalue weighted by molar-refractivity contribution is 9.10. The summed E-state index contributed by atoms with van der Waals surface area (Å²) in [6, 6.07) is 1.76. The molecule has 2 rings (SSSR count). The van der Waals surface area contributed by atoms with Gasteiger partial charge in [-0.3, -0.25) is 4.79 Å². The quantitative estimate of drug-likeness (QED) is 0.660. The van der Waals surface area contributed by atoms with Crippen LogP contribution >= 0.6 is 27.3 Å². The monoisotopic (exact) mass is 401 g/mol. The fraction of sp³-hybridized carbons (Fsp3) is 0.647. The van der Waals surface area contributed by atoms with Crippen molar-refractivity contribution >= 4 is 39.1 Å². The van der Waals surface area contributed by atoms with E-state index in [4.69, 9.17) is 4.74 Å². The fourth-order valence-electron chi connectivity index (χ4n) is 2.78. The number of hydrogen-bond donors (Lipinski definition) is 0. The molecule has 128 valence electrons. The highest BCUT2D eigenvalue weighted by atomic mass is 79.9. The topological polar surface area (TPSA) is 46.6 Å². The second-order valence-electron chi connectivity index (χ2n) is 7.21. The van der Waals surface area contributed by atoms with Crippen molar-refractivity contribution in [1.29, 1.82) is 0 Å². The molecule has 1 fully saturated rings. The average molecular weight is 402 g/mol. The summed E-state index contributed by atoms with van der Waals surface area (Å²) in [5, 5.41) is 1.91. The minimum Gasteiger partial charge on any atom is -0.444 e. The van der Waals surface area contributed by atoms with Crippen LogP contribution < -0.4 is 0 Å². The molecule has 1 amide bonds. The number of carbonyl (C=O) groups is 2. The van der Waals surface area contributed by atoms with Gasteiger partial charge in [0, 0.05) is 28.9 Å². The Labute approximate surface area is 150 Å². The minimum absolute atomic E-state index is 0.0815. The number of carbonyl (C=O) groups excluding carboxylic acids is 2. The molecule has 1 aromatic rings. The van der Waals surface area contributed by atoms with E-state index in [1.807, 2.05) is 32.2 Å². The van der Waals surface area contributed by atoms with Crippen molar-refractivity contribution in [2.75, 3.05) is 6.54 Å². The average Bonchev–Trinajstić information content (AvgIpc) is 2.83. The zero-order valence-electron chi connectivity index (χ0n) is 14.1. The molecule has 0 radical (unpaired) electrons. The number of Topliss-reactive ketones (excluding diaryl/α,β-unsaturated/α-hetero) is 1. The number of nitrogens with zero attached hydrogens (tertiary/aromatic N) is 1. The zero-order chi connectivity index (χ0) is 17.2. The highest BCUT2D eigenvalue weighted by Crippen LogP contribution is 2.29. The normalized spacial score (nSPS) is 22.0. The van der Waals surface area contributed by atoms with Gasteiger partial charge in [-0.1, -0.05) is 6.92 Å². The van der Waals surface area contributed by atoms with Crippen molar-refractivity contribution in [3.8, 4) is 0 Å². The number of ether oxygens (including phenoxy) is 1. The van der Waals surface area contributed by atoms with Gasteiger partial charge in [0.05, 0.1) is 4.88 Å². The van der Waals surface area contributed by atoms with Gasteiger partial charge in [0.1, 0.15) is 5.60 Å². The summed E-state index contributed by atoms with van der Waals surface area (Å²) in [5.41, 5.74) is -0.521. The van der Waals surface area contributed by atoms with Crippen LogP contribution in [-0.4, -0.2) is 35.0 Å². The maximum atomic E-state index is 12.5. The Morgan fingerprint density at radius 2 is 2.13 bits per heavy atom. The van der Waals surface area contributed by atoms with Gasteiger partial charge >= 0.3 is 6.09 Å². The molecule has 0 N–H and O–H groups in total. The largest absolute Gasteiger partial charge is 0.444 e. The molecule has 1 aromatic heterocycles. The Balaban J connectivity index is 2.08. The standard InChI is InChI=1S/C17H24BrNO3S/c1-11-5-6-19(16(21)22-17(2,3)4)13(7-11)9-14(20)15-8-12(18)10-23-15/h8,10-11,13H,5-7,9H2,1-4H3. The Morgan fingerprint density at radius 3 is 2.70 bits per heavy atom. The molecule has 2 atom stereocenters. The Bertz CT molecular complexity index is 579. The van der Waals surface area contributed by atoms with Gasteiger partial charge in [-0.05, 0) is 61.5 Å². The molecule has 0 aromatic carbocycles. The van der Waals surface area contributed by atoms with E-state index in [-0.39, 0.29) is 17.9 Å². The molecule has 1 saturated heterocycles.